The van der Waals surface area contributed by atoms with Crippen molar-refractivity contribution >= 4 is 16.5 Å². The van der Waals surface area contributed by atoms with Gasteiger partial charge in [0.2, 0.25) is 0 Å². The van der Waals surface area contributed by atoms with Crippen LogP contribution in [-0.4, -0.2) is 37.3 Å². The molecular weight excluding hydrogens is 270 g/mol. The molecule has 2 unspecified atom stereocenters. The lowest BCUT2D eigenvalue weighted by molar-refractivity contribution is 0.0343. The number of morpholine rings is 1. The molecule has 0 aromatic carbocycles. The van der Waals surface area contributed by atoms with Crippen molar-refractivity contribution in [1.29, 1.82) is 0 Å². The van der Waals surface area contributed by atoms with Gasteiger partial charge in [0.25, 0.3) is 0 Å². The minimum Gasteiger partial charge on any atom is -0.375 e. The van der Waals surface area contributed by atoms with Crippen molar-refractivity contribution in [1.82, 2.24) is 10.3 Å². The Morgan fingerprint density at radius 3 is 2.70 bits per heavy atom. The molecule has 114 valence electrons. The molecule has 20 heavy (non-hydrogen) atoms. The minimum atomic E-state index is 0.0854. The van der Waals surface area contributed by atoms with E-state index in [4.69, 9.17) is 9.72 Å². The molecule has 0 radical (unpaired) electrons. The van der Waals surface area contributed by atoms with E-state index in [1.54, 1.807) is 0 Å². The number of nitrogens with zero attached hydrogens (tertiary/aromatic N) is 2. The van der Waals surface area contributed by atoms with Crippen LogP contribution in [0.4, 0.5) is 5.13 Å². The highest BCUT2D eigenvalue weighted by atomic mass is 32.1. The van der Waals surface area contributed by atoms with Crippen LogP contribution in [0.15, 0.2) is 0 Å². The maximum Gasteiger partial charge on any atom is 0.186 e. The van der Waals surface area contributed by atoms with E-state index in [-0.39, 0.29) is 11.5 Å². The second kappa shape index (κ2) is 6.00. The molecule has 1 aliphatic heterocycles. The number of hydrogen-bond acceptors (Lipinski definition) is 5. The van der Waals surface area contributed by atoms with Gasteiger partial charge in [0, 0.05) is 23.4 Å². The molecule has 2 rings (SSSR count). The first kappa shape index (κ1) is 15.7. The molecule has 5 heteroatoms. The number of thiazole rings is 1. The van der Waals surface area contributed by atoms with Crippen LogP contribution in [0.25, 0.3) is 0 Å². The largest absolute Gasteiger partial charge is 0.375 e. The minimum absolute atomic E-state index is 0.0854. The highest BCUT2D eigenvalue weighted by Crippen LogP contribution is 2.35. The van der Waals surface area contributed by atoms with Crippen molar-refractivity contribution in [2.75, 3.05) is 25.1 Å². The molecule has 0 aliphatic carbocycles. The van der Waals surface area contributed by atoms with Crippen molar-refractivity contribution in [2.24, 2.45) is 0 Å². The summed E-state index contributed by atoms with van der Waals surface area (Å²) >= 11 is 1.82. The van der Waals surface area contributed by atoms with Gasteiger partial charge in [-0.2, -0.15) is 0 Å². The quantitative estimate of drug-likeness (QED) is 0.931. The van der Waals surface area contributed by atoms with Crippen LogP contribution in [0.1, 0.15) is 45.2 Å². The van der Waals surface area contributed by atoms with E-state index in [0.717, 1.165) is 24.8 Å². The van der Waals surface area contributed by atoms with Crippen LogP contribution in [0.3, 0.4) is 0 Å². The van der Waals surface area contributed by atoms with Gasteiger partial charge in [0.15, 0.2) is 5.13 Å². The zero-order valence-corrected chi connectivity index (χ0v) is 14.3. The predicted octanol–water partition coefficient (Wildman–Crippen LogP) is 2.77. The van der Waals surface area contributed by atoms with Gasteiger partial charge < -0.3 is 15.0 Å². The van der Waals surface area contributed by atoms with Gasteiger partial charge in [-0.25, -0.2) is 4.98 Å². The zero-order chi connectivity index (χ0) is 14.9. The number of anilines is 1. The van der Waals surface area contributed by atoms with Gasteiger partial charge >= 0.3 is 0 Å². The lowest BCUT2D eigenvalue weighted by atomic mass is 9.91. The fraction of sp³-hybridized carbons (Fsp3) is 0.800. The molecule has 0 saturated carbocycles. The Morgan fingerprint density at radius 1 is 1.40 bits per heavy atom. The van der Waals surface area contributed by atoms with E-state index in [9.17, 15) is 0 Å². The molecule has 0 bridgehead atoms. The monoisotopic (exact) mass is 297 g/mol. The van der Waals surface area contributed by atoms with Gasteiger partial charge in [0.1, 0.15) is 0 Å². The third-order valence-corrected chi connectivity index (χ3v) is 4.68. The summed E-state index contributed by atoms with van der Waals surface area (Å²) in [4.78, 5) is 8.70. The van der Waals surface area contributed by atoms with Gasteiger partial charge in [0.05, 0.1) is 24.4 Å². The van der Waals surface area contributed by atoms with Gasteiger partial charge in [-0.05, 0) is 20.9 Å². The Kier molecular flexibility index (Phi) is 4.72. The smallest absolute Gasteiger partial charge is 0.186 e. The third-order valence-electron chi connectivity index (χ3n) is 3.59. The van der Waals surface area contributed by atoms with E-state index >= 15 is 0 Å². The maximum atomic E-state index is 5.72. The molecule has 1 aromatic heterocycles. The standard InChI is InChI=1S/C15H27N3OS/c1-10-9-19-11(2)8-18(10)14-17-13(15(3,4)5)12(20-14)7-16-6/h10-11,16H,7-9H2,1-6H3. The van der Waals surface area contributed by atoms with Gasteiger partial charge in [-0.15, -0.1) is 11.3 Å². The maximum absolute atomic E-state index is 5.72. The summed E-state index contributed by atoms with van der Waals surface area (Å²) in [7, 11) is 1.99. The molecule has 1 aliphatic rings. The molecule has 1 aromatic rings. The highest BCUT2D eigenvalue weighted by molar-refractivity contribution is 7.15. The average Bonchev–Trinajstić information content (AvgIpc) is 2.76. The van der Waals surface area contributed by atoms with E-state index < -0.39 is 0 Å². The van der Waals surface area contributed by atoms with Crippen LogP contribution in [0, 0.1) is 0 Å². The molecular formula is C15H27N3OS. The summed E-state index contributed by atoms with van der Waals surface area (Å²) in [6, 6.07) is 0.396. The van der Waals surface area contributed by atoms with Crippen LogP contribution in [-0.2, 0) is 16.7 Å². The summed E-state index contributed by atoms with van der Waals surface area (Å²) in [5.41, 5.74) is 1.31. The summed E-state index contributed by atoms with van der Waals surface area (Å²) in [6.45, 7) is 13.6. The number of hydrogen-bond donors (Lipinski definition) is 1. The molecule has 0 amide bonds. The Morgan fingerprint density at radius 2 is 2.10 bits per heavy atom. The van der Waals surface area contributed by atoms with Gasteiger partial charge in [-0.3, -0.25) is 0 Å². The second-order valence-corrected chi connectivity index (χ2v) is 7.76. The topological polar surface area (TPSA) is 37.4 Å². The normalized spacial score (nSPS) is 24.2. The van der Waals surface area contributed by atoms with E-state index in [2.05, 4.69) is 44.8 Å². The van der Waals surface area contributed by atoms with Crippen molar-refractivity contribution < 1.29 is 4.74 Å². The van der Waals surface area contributed by atoms with Crippen LogP contribution < -0.4 is 10.2 Å². The number of nitrogens with one attached hydrogen (secondary N) is 1. The number of ether oxygens (including phenoxy) is 1. The highest BCUT2D eigenvalue weighted by Gasteiger charge is 2.29. The Bertz CT molecular complexity index is 452. The summed E-state index contributed by atoms with van der Waals surface area (Å²) in [5.74, 6) is 0. The van der Waals surface area contributed by atoms with E-state index in [1.165, 1.54) is 10.6 Å². The summed E-state index contributed by atoms with van der Waals surface area (Å²) in [5, 5.41) is 4.40. The molecule has 1 N–H and O–H groups in total. The van der Waals surface area contributed by atoms with Crippen LogP contribution in [0.5, 0.6) is 0 Å². The number of rotatable bonds is 3. The fourth-order valence-corrected chi connectivity index (χ4v) is 3.89. The molecule has 2 atom stereocenters. The van der Waals surface area contributed by atoms with E-state index in [0.29, 0.717) is 6.04 Å². The lowest BCUT2D eigenvalue weighted by Crippen LogP contribution is -2.47. The molecule has 1 saturated heterocycles. The first-order valence-corrected chi connectivity index (χ1v) is 8.17. The molecule has 2 heterocycles. The van der Waals surface area contributed by atoms with Crippen molar-refractivity contribution in [3.63, 3.8) is 0 Å². The molecule has 1 fully saturated rings. The fourth-order valence-electron chi connectivity index (χ4n) is 2.50. The number of aromatic nitrogens is 1. The van der Waals surface area contributed by atoms with Crippen LogP contribution in [0.2, 0.25) is 0 Å². The third kappa shape index (κ3) is 3.32. The Hall–Kier alpha value is -0.650. The predicted molar refractivity (Wildman–Crippen MR) is 85.8 cm³/mol. The Balaban J connectivity index is 2.32. The first-order valence-electron chi connectivity index (χ1n) is 7.36. The molecule has 0 spiro atoms. The van der Waals surface area contributed by atoms with Crippen molar-refractivity contribution in [3.05, 3.63) is 10.6 Å². The second-order valence-electron chi connectivity index (χ2n) is 6.69. The van der Waals surface area contributed by atoms with E-state index in [1.807, 2.05) is 18.4 Å². The molecule has 4 nitrogen and oxygen atoms in total. The Labute approximate surface area is 126 Å². The SMILES string of the molecule is CNCc1sc(N2CC(C)OCC2C)nc1C(C)(C)C. The first-order chi connectivity index (χ1) is 9.32. The summed E-state index contributed by atoms with van der Waals surface area (Å²) < 4.78 is 5.72. The van der Waals surface area contributed by atoms with Crippen molar-refractivity contribution in [3.8, 4) is 0 Å². The average molecular weight is 297 g/mol. The van der Waals surface area contributed by atoms with Crippen LogP contribution >= 0.6 is 11.3 Å². The summed E-state index contributed by atoms with van der Waals surface area (Å²) in [6.07, 6.45) is 0.279. The van der Waals surface area contributed by atoms with Gasteiger partial charge in [-0.1, -0.05) is 20.8 Å². The zero-order valence-electron chi connectivity index (χ0n) is 13.5. The van der Waals surface area contributed by atoms with Crippen molar-refractivity contribution in [2.45, 2.75) is 58.7 Å². The lowest BCUT2D eigenvalue weighted by Gasteiger charge is -2.36.